The molecular formula is C30H55O4P. The fourth-order valence-electron chi connectivity index (χ4n) is 4.23. The Bertz CT molecular complexity index is 578. The van der Waals surface area contributed by atoms with Crippen LogP contribution in [-0.2, 0) is 13.6 Å². The lowest BCUT2D eigenvalue weighted by molar-refractivity contribution is 0.150. The zero-order valence-electron chi connectivity index (χ0n) is 23.0. The smallest absolute Gasteiger partial charge is 0.404 e. The maximum atomic E-state index is 13.2. The molecule has 204 valence electrons. The summed E-state index contributed by atoms with van der Waals surface area (Å²) in [5.41, 5.74) is 0. The molecule has 0 aliphatic heterocycles. The first kappa shape index (κ1) is 32.2. The van der Waals surface area contributed by atoms with Gasteiger partial charge in [0.25, 0.3) is 0 Å². The molecule has 5 heteroatoms. The minimum atomic E-state index is -3.60. The van der Waals surface area contributed by atoms with Crippen molar-refractivity contribution >= 4 is 7.82 Å². The largest absolute Gasteiger partial charge is 0.530 e. The second kappa shape index (κ2) is 23.6. The number of rotatable bonds is 26. The Morgan fingerprint density at radius 3 is 1.23 bits per heavy atom. The Kier molecular flexibility index (Phi) is 21.7. The average molecular weight is 511 g/mol. The Hall–Kier alpha value is -0.830. The Balaban J connectivity index is 2.19. The highest BCUT2D eigenvalue weighted by atomic mass is 31.2. The van der Waals surface area contributed by atoms with E-state index in [1.54, 1.807) is 12.1 Å². The molecule has 0 atom stereocenters. The second-order valence-corrected chi connectivity index (χ2v) is 11.5. The van der Waals surface area contributed by atoms with Crippen LogP contribution in [0.25, 0.3) is 0 Å². The van der Waals surface area contributed by atoms with Crippen molar-refractivity contribution in [1.29, 1.82) is 0 Å². The summed E-state index contributed by atoms with van der Waals surface area (Å²) >= 11 is 0. The van der Waals surface area contributed by atoms with Crippen LogP contribution < -0.4 is 4.52 Å². The van der Waals surface area contributed by atoms with E-state index in [1.165, 1.54) is 103 Å². The van der Waals surface area contributed by atoms with Crippen molar-refractivity contribution in [3.63, 3.8) is 0 Å². The number of hydrogen-bond acceptors (Lipinski definition) is 4. The summed E-state index contributed by atoms with van der Waals surface area (Å²) in [5, 5.41) is 0. The van der Waals surface area contributed by atoms with Crippen molar-refractivity contribution in [1.82, 2.24) is 0 Å². The van der Waals surface area contributed by atoms with Gasteiger partial charge in [0.15, 0.2) is 0 Å². The molecule has 0 bridgehead atoms. The summed E-state index contributed by atoms with van der Waals surface area (Å²) in [6.07, 6.45) is 25.1. The van der Waals surface area contributed by atoms with E-state index in [1.807, 2.05) is 18.2 Å². The van der Waals surface area contributed by atoms with Gasteiger partial charge in [0, 0.05) is 0 Å². The molecule has 0 N–H and O–H groups in total. The molecule has 0 aromatic heterocycles. The summed E-state index contributed by atoms with van der Waals surface area (Å²) in [7, 11) is -3.60. The Labute approximate surface area is 217 Å². The van der Waals surface area contributed by atoms with Crippen molar-refractivity contribution < 1.29 is 18.1 Å². The lowest BCUT2D eigenvalue weighted by atomic mass is 10.1. The molecule has 0 aliphatic rings. The van der Waals surface area contributed by atoms with Crippen LogP contribution in [0.4, 0.5) is 0 Å². The molecule has 0 radical (unpaired) electrons. The molecule has 0 spiro atoms. The molecule has 1 aromatic rings. The summed E-state index contributed by atoms with van der Waals surface area (Å²) < 4.78 is 30.4. The van der Waals surface area contributed by atoms with Crippen LogP contribution in [0.5, 0.6) is 5.75 Å². The third-order valence-electron chi connectivity index (χ3n) is 6.46. The molecule has 0 fully saturated rings. The number of para-hydroxylation sites is 1. The highest BCUT2D eigenvalue weighted by Crippen LogP contribution is 2.49. The van der Waals surface area contributed by atoms with Crippen LogP contribution in [0.1, 0.15) is 142 Å². The van der Waals surface area contributed by atoms with Crippen LogP contribution in [-0.4, -0.2) is 13.2 Å². The van der Waals surface area contributed by atoms with E-state index in [0.717, 1.165) is 25.7 Å². The van der Waals surface area contributed by atoms with Crippen LogP contribution in [0.2, 0.25) is 0 Å². The van der Waals surface area contributed by atoms with Crippen molar-refractivity contribution in [2.45, 2.75) is 142 Å². The number of unbranched alkanes of at least 4 members (excludes halogenated alkanes) is 18. The third kappa shape index (κ3) is 20.0. The van der Waals surface area contributed by atoms with Crippen molar-refractivity contribution in [3.05, 3.63) is 30.3 Å². The number of benzene rings is 1. The first-order chi connectivity index (χ1) is 17.2. The standard InChI is InChI=1S/C30H55O4P/c1-3-5-7-9-11-13-15-17-19-24-28-32-35(31,34-30-26-22-21-23-27-30)33-29-25-20-18-16-14-12-10-8-6-4-2/h21-23,26-27H,3-20,24-25,28-29H2,1-2H3. The van der Waals surface area contributed by atoms with Gasteiger partial charge in [0.2, 0.25) is 0 Å². The average Bonchev–Trinajstić information content (AvgIpc) is 2.86. The maximum absolute atomic E-state index is 13.2. The van der Waals surface area contributed by atoms with E-state index < -0.39 is 7.82 Å². The van der Waals surface area contributed by atoms with E-state index >= 15 is 0 Å². The second-order valence-electron chi connectivity index (χ2n) is 9.88. The Morgan fingerprint density at radius 2 is 0.857 bits per heavy atom. The van der Waals surface area contributed by atoms with Gasteiger partial charge in [-0.15, -0.1) is 0 Å². The normalized spacial score (nSPS) is 11.7. The van der Waals surface area contributed by atoms with Crippen LogP contribution in [0.15, 0.2) is 30.3 Å². The zero-order chi connectivity index (χ0) is 25.3. The van der Waals surface area contributed by atoms with Crippen LogP contribution in [0.3, 0.4) is 0 Å². The lowest BCUT2D eigenvalue weighted by Gasteiger charge is -2.18. The van der Waals surface area contributed by atoms with Crippen molar-refractivity contribution in [3.8, 4) is 5.75 Å². The first-order valence-corrected chi connectivity index (χ1v) is 16.3. The van der Waals surface area contributed by atoms with Gasteiger partial charge in [-0.05, 0) is 25.0 Å². The highest BCUT2D eigenvalue weighted by Gasteiger charge is 2.28. The molecule has 4 nitrogen and oxygen atoms in total. The molecule has 0 unspecified atom stereocenters. The molecule has 1 aromatic carbocycles. The number of phosphoric ester groups is 1. The molecule has 0 amide bonds. The molecule has 0 heterocycles. The summed E-state index contributed by atoms with van der Waals surface area (Å²) in [6, 6.07) is 9.22. The molecule has 0 saturated heterocycles. The van der Waals surface area contributed by atoms with Crippen molar-refractivity contribution in [2.75, 3.05) is 13.2 Å². The fourth-order valence-corrected chi connectivity index (χ4v) is 5.50. The van der Waals surface area contributed by atoms with Gasteiger partial charge >= 0.3 is 7.82 Å². The van der Waals surface area contributed by atoms with Crippen LogP contribution >= 0.6 is 7.82 Å². The predicted octanol–water partition coefficient (Wildman–Crippen LogP) is 11.0. The molecule has 1 rings (SSSR count). The highest BCUT2D eigenvalue weighted by molar-refractivity contribution is 7.48. The zero-order valence-corrected chi connectivity index (χ0v) is 23.9. The van der Waals surface area contributed by atoms with E-state index in [9.17, 15) is 4.57 Å². The van der Waals surface area contributed by atoms with Crippen molar-refractivity contribution in [2.24, 2.45) is 0 Å². The topological polar surface area (TPSA) is 44.8 Å². The predicted molar refractivity (Wildman–Crippen MR) is 150 cm³/mol. The van der Waals surface area contributed by atoms with E-state index in [-0.39, 0.29) is 0 Å². The van der Waals surface area contributed by atoms with Crippen LogP contribution in [0, 0.1) is 0 Å². The van der Waals surface area contributed by atoms with Gasteiger partial charge in [-0.1, -0.05) is 148 Å². The monoisotopic (exact) mass is 510 g/mol. The van der Waals surface area contributed by atoms with E-state index in [0.29, 0.717) is 19.0 Å². The first-order valence-electron chi connectivity index (χ1n) is 14.8. The van der Waals surface area contributed by atoms with Gasteiger partial charge in [-0.2, -0.15) is 0 Å². The molecule has 35 heavy (non-hydrogen) atoms. The summed E-state index contributed by atoms with van der Waals surface area (Å²) in [5.74, 6) is 0.530. The van der Waals surface area contributed by atoms with Gasteiger partial charge in [-0.3, -0.25) is 9.05 Å². The maximum Gasteiger partial charge on any atom is 0.530 e. The van der Waals surface area contributed by atoms with Gasteiger partial charge in [0.05, 0.1) is 13.2 Å². The minimum Gasteiger partial charge on any atom is -0.404 e. The molecule has 0 aliphatic carbocycles. The van der Waals surface area contributed by atoms with E-state index in [2.05, 4.69) is 13.8 Å². The third-order valence-corrected chi connectivity index (χ3v) is 7.89. The number of hydrogen-bond donors (Lipinski definition) is 0. The molecule has 0 saturated carbocycles. The lowest BCUT2D eigenvalue weighted by Crippen LogP contribution is -2.05. The van der Waals surface area contributed by atoms with Gasteiger partial charge in [0.1, 0.15) is 5.75 Å². The van der Waals surface area contributed by atoms with Gasteiger partial charge in [-0.25, -0.2) is 4.57 Å². The Morgan fingerprint density at radius 1 is 0.514 bits per heavy atom. The molecular weight excluding hydrogens is 455 g/mol. The SMILES string of the molecule is CCCCCCCCCCCCOP(=O)(OCCCCCCCCCCCC)Oc1ccccc1. The summed E-state index contributed by atoms with van der Waals surface area (Å²) in [4.78, 5) is 0. The quantitative estimate of drug-likeness (QED) is 0.0918. The fraction of sp³-hybridized carbons (Fsp3) is 0.800. The van der Waals surface area contributed by atoms with Gasteiger partial charge < -0.3 is 4.52 Å². The number of phosphoric acid groups is 1. The van der Waals surface area contributed by atoms with E-state index in [4.69, 9.17) is 13.6 Å². The summed E-state index contributed by atoms with van der Waals surface area (Å²) in [6.45, 7) is 5.35. The minimum absolute atomic E-state index is 0.415.